The number of aldehydes is 1. The number of nitrogens with one attached hydrogen (secondary N) is 1. The molecule has 4 nitrogen and oxygen atoms in total. The Kier molecular flexibility index (Phi) is 2.40. The zero-order valence-electron chi connectivity index (χ0n) is 7.32. The number of hydrogen-bond acceptors (Lipinski definition) is 3. The zero-order chi connectivity index (χ0) is 9.10. The largest absolute Gasteiger partial charge is 0.381 e. The molecular weight excluding hydrogens is 168 g/mol. The van der Waals surface area contributed by atoms with Crippen molar-refractivity contribution in [2.24, 2.45) is 0 Å². The third kappa shape index (κ3) is 1.78. The summed E-state index contributed by atoms with van der Waals surface area (Å²) in [5.74, 6) is 1.21. The van der Waals surface area contributed by atoms with Crippen LogP contribution in [0.25, 0.3) is 0 Å². The average molecular weight is 180 g/mol. The van der Waals surface area contributed by atoms with Crippen LogP contribution in [0.5, 0.6) is 0 Å². The number of ether oxygens (including phenoxy) is 1. The van der Waals surface area contributed by atoms with E-state index in [2.05, 4.69) is 9.97 Å². The number of hydrogen-bond donors (Lipinski definition) is 1. The molecule has 1 unspecified atom stereocenters. The van der Waals surface area contributed by atoms with Crippen LogP contribution in [0.4, 0.5) is 0 Å². The molecule has 1 aromatic rings. The topological polar surface area (TPSA) is 55.0 Å². The molecule has 4 heteroatoms. The van der Waals surface area contributed by atoms with E-state index >= 15 is 0 Å². The Morgan fingerprint density at radius 3 is 3.23 bits per heavy atom. The SMILES string of the molecule is O=Cc1cnc(C2CCCOC2)[nH]1. The van der Waals surface area contributed by atoms with Gasteiger partial charge >= 0.3 is 0 Å². The predicted octanol–water partition coefficient (Wildman–Crippen LogP) is 1.12. The summed E-state index contributed by atoms with van der Waals surface area (Å²) >= 11 is 0. The lowest BCUT2D eigenvalue weighted by Gasteiger charge is -2.19. The van der Waals surface area contributed by atoms with E-state index in [1.165, 1.54) is 0 Å². The van der Waals surface area contributed by atoms with Crippen molar-refractivity contribution < 1.29 is 9.53 Å². The van der Waals surface area contributed by atoms with E-state index in [1.54, 1.807) is 6.20 Å². The molecule has 2 heterocycles. The molecule has 0 bridgehead atoms. The second-order valence-corrected chi connectivity index (χ2v) is 3.26. The van der Waals surface area contributed by atoms with Gasteiger partial charge in [0.25, 0.3) is 0 Å². The van der Waals surface area contributed by atoms with Crippen LogP contribution in [0.15, 0.2) is 6.20 Å². The molecule has 1 N–H and O–H groups in total. The number of H-pyrrole nitrogens is 1. The summed E-state index contributed by atoms with van der Waals surface area (Å²) in [7, 11) is 0. The molecule has 0 radical (unpaired) electrons. The zero-order valence-corrected chi connectivity index (χ0v) is 7.32. The van der Waals surface area contributed by atoms with E-state index in [0.717, 1.165) is 31.6 Å². The summed E-state index contributed by atoms with van der Waals surface area (Å²) in [4.78, 5) is 17.5. The number of nitrogens with zero attached hydrogens (tertiary/aromatic N) is 1. The molecule has 1 aliphatic heterocycles. The molecule has 13 heavy (non-hydrogen) atoms. The van der Waals surface area contributed by atoms with Crippen LogP contribution in [0.3, 0.4) is 0 Å². The van der Waals surface area contributed by atoms with Gasteiger partial charge in [-0.15, -0.1) is 0 Å². The molecular formula is C9H12N2O2. The monoisotopic (exact) mass is 180 g/mol. The maximum atomic E-state index is 10.4. The summed E-state index contributed by atoms with van der Waals surface area (Å²) in [5, 5.41) is 0. The van der Waals surface area contributed by atoms with Gasteiger partial charge in [-0.1, -0.05) is 0 Å². The normalized spacial score (nSPS) is 22.9. The highest BCUT2D eigenvalue weighted by atomic mass is 16.5. The summed E-state index contributed by atoms with van der Waals surface area (Å²) in [5.41, 5.74) is 0.542. The maximum Gasteiger partial charge on any atom is 0.167 e. The standard InChI is InChI=1S/C9H12N2O2/c12-5-8-4-10-9(11-8)7-2-1-3-13-6-7/h4-5,7H,1-3,6H2,(H,10,11). The third-order valence-electron chi connectivity index (χ3n) is 2.29. The number of imidazole rings is 1. The highest BCUT2D eigenvalue weighted by Crippen LogP contribution is 2.22. The Bertz CT molecular complexity index is 290. The highest BCUT2D eigenvalue weighted by molar-refractivity contribution is 5.71. The summed E-state index contributed by atoms with van der Waals surface area (Å²) in [6.45, 7) is 1.56. The Morgan fingerprint density at radius 2 is 2.62 bits per heavy atom. The predicted molar refractivity (Wildman–Crippen MR) is 46.8 cm³/mol. The number of carbonyl (C=O) groups is 1. The fourth-order valence-corrected chi connectivity index (χ4v) is 1.58. The van der Waals surface area contributed by atoms with Crippen LogP contribution < -0.4 is 0 Å². The van der Waals surface area contributed by atoms with Crippen LogP contribution in [0, 0.1) is 0 Å². The van der Waals surface area contributed by atoms with Crippen LogP contribution in [0.2, 0.25) is 0 Å². The first kappa shape index (κ1) is 8.44. The second-order valence-electron chi connectivity index (χ2n) is 3.26. The molecule has 2 rings (SSSR count). The fourth-order valence-electron chi connectivity index (χ4n) is 1.58. The molecule has 1 fully saturated rings. The maximum absolute atomic E-state index is 10.4. The lowest BCUT2D eigenvalue weighted by atomic mass is 10.0. The third-order valence-corrected chi connectivity index (χ3v) is 2.29. The van der Waals surface area contributed by atoms with E-state index in [-0.39, 0.29) is 0 Å². The minimum atomic E-state index is 0.336. The minimum Gasteiger partial charge on any atom is -0.381 e. The molecule has 70 valence electrons. The number of rotatable bonds is 2. The molecule has 0 aliphatic carbocycles. The second kappa shape index (κ2) is 3.70. The number of aromatic nitrogens is 2. The lowest BCUT2D eigenvalue weighted by Crippen LogP contribution is -2.16. The first-order valence-electron chi connectivity index (χ1n) is 4.48. The van der Waals surface area contributed by atoms with Crippen molar-refractivity contribution in [3.8, 4) is 0 Å². The van der Waals surface area contributed by atoms with E-state index < -0.39 is 0 Å². The van der Waals surface area contributed by atoms with Crippen molar-refractivity contribution in [1.82, 2.24) is 9.97 Å². The summed E-state index contributed by atoms with van der Waals surface area (Å²) < 4.78 is 5.33. The Labute approximate surface area is 76.3 Å². The van der Waals surface area contributed by atoms with Crippen molar-refractivity contribution in [2.45, 2.75) is 18.8 Å². The summed E-state index contributed by atoms with van der Waals surface area (Å²) in [6.07, 6.45) is 4.50. The highest BCUT2D eigenvalue weighted by Gasteiger charge is 2.18. The molecule has 1 saturated heterocycles. The minimum absolute atomic E-state index is 0.336. The van der Waals surface area contributed by atoms with Crippen LogP contribution in [-0.2, 0) is 4.74 Å². The van der Waals surface area contributed by atoms with Gasteiger partial charge in [0.05, 0.1) is 18.5 Å². The Balaban J connectivity index is 2.09. The lowest BCUT2D eigenvalue weighted by molar-refractivity contribution is 0.0782. The first-order chi connectivity index (χ1) is 6.40. The van der Waals surface area contributed by atoms with Crippen molar-refractivity contribution in [2.75, 3.05) is 13.2 Å². The van der Waals surface area contributed by atoms with E-state index in [9.17, 15) is 4.79 Å². The van der Waals surface area contributed by atoms with Crippen LogP contribution in [-0.4, -0.2) is 29.5 Å². The van der Waals surface area contributed by atoms with Gasteiger partial charge in [-0.25, -0.2) is 4.98 Å². The van der Waals surface area contributed by atoms with E-state index in [4.69, 9.17) is 4.74 Å². The molecule has 0 amide bonds. The fraction of sp³-hybridized carbons (Fsp3) is 0.556. The van der Waals surface area contributed by atoms with E-state index in [1.807, 2.05) is 0 Å². The Hall–Kier alpha value is -1.16. The van der Waals surface area contributed by atoms with Gasteiger partial charge in [0.2, 0.25) is 0 Å². The van der Waals surface area contributed by atoms with Crippen molar-refractivity contribution in [3.05, 3.63) is 17.7 Å². The molecule has 0 aromatic carbocycles. The summed E-state index contributed by atoms with van der Waals surface area (Å²) in [6, 6.07) is 0. The number of aromatic amines is 1. The van der Waals surface area contributed by atoms with Gasteiger partial charge in [0.1, 0.15) is 5.82 Å². The Morgan fingerprint density at radius 1 is 1.69 bits per heavy atom. The molecule has 1 atom stereocenters. The van der Waals surface area contributed by atoms with Crippen molar-refractivity contribution in [3.63, 3.8) is 0 Å². The van der Waals surface area contributed by atoms with Crippen LogP contribution >= 0.6 is 0 Å². The molecule has 1 aliphatic rings. The van der Waals surface area contributed by atoms with Gasteiger partial charge in [0.15, 0.2) is 6.29 Å². The van der Waals surface area contributed by atoms with Gasteiger partial charge < -0.3 is 9.72 Å². The average Bonchev–Trinajstić information content (AvgIpc) is 2.67. The van der Waals surface area contributed by atoms with Gasteiger partial charge in [-0.05, 0) is 12.8 Å². The molecule has 1 aromatic heterocycles. The van der Waals surface area contributed by atoms with Gasteiger partial charge in [0, 0.05) is 12.5 Å². The van der Waals surface area contributed by atoms with Gasteiger partial charge in [-0.2, -0.15) is 0 Å². The first-order valence-corrected chi connectivity index (χ1v) is 4.48. The van der Waals surface area contributed by atoms with Crippen molar-refractivity contribution in [1.29, 1.82) is 0 Å². The van der Waals surface area contributed by atoms with Crippen molar-refractivity contribution >= 4 is 6.29 Å². The molecule has 0 saturated carbocycles. The quantitative estimate of drug-likeness (QED) is 0.694. The molecule has 0 spiro atoms. The van der Waals surface area contributed by atoms with Crippen LogP contribution in [0.1, 0.15) is 35.1 Å². The number of carbonyl (C=O) groups excluding carboxylic acids is 1. The van der Waals surface area contributed by atoms with E-state index in [0.29, 0.717) is 18.2 Å². The smallest absolute Gasteiger partial charge is 0.167 e. The van der Waals surface area contributed by atoms with Gasteiger partial charge in [-0.3, -0.25) is 4.79 Å².